The lowest BCUT2D eigenvalue weighted by atomic mass is 10.1. The second kappa shape index (κ2) is 6.03. The number of rotatable bonds is 5. The van der Waals surface area contributed by atoms with E-state index in [0.717, 1.165) is 18.8 Å². The van der Waals surface area contributed by atoms with Crippen molar-refractivity contribution in [3.63, 3.8) is 0 Å². The molecule has 2 heteroatoms. The molecule has 1 heterocycles. The van der Waals surface area contributed by atoms with Crippen molar-refractivity contribution in [2.24, 2.45) is 0 Å². The van der Waals surface area contributed by atoms with Gasteiger partial charge in [0.05, 0.1) is 12.4 Å². The zero-order valence-corrected chi connectivity index (χ0v) is 8.72. The maximum absolute atomic E-state index is 5.31. The quantitative estimate of drug-likeness (QED) is 0.479. The van der Waals surface area contributed by atoms with Gasteiger partial charge in [-0.15, -0.1) is 0 Å². The number of piperidine rings is 1. The first-order chi connectivity index (χ1) is 6.29. The van der Waals surface area contributed by atoms with Crippen molar-refractivity contribution in [1.82, 2.24) is 4.90 Å². The summed E-state index contributed by atoms with van der Waals surface area (Å²) in [5.41, 5.74) is 0. The van der Waals surface area contributed by atoms with Crippen LogP contribution in [0.25, 0.3) is 0 Å². The third-order valence-corrected chi connectivity index (χ3v) is 2.42. The molecule has 0 spiro atoms. The molecule has 0 saturated carbocycles. The van der Waals surface area contributed by atoms with Crippen LogP contribution < -0.4 is 0 Å². The second-order valence-electron chi connectivity index (χ2n) is 3.81. The molecule has 0 aromatic carbocycles. The standard InChI is InChI=1S/C11H21NO/c1-11(2)13-10-6-9-12-7-4-3-5-8-12/h1,3-10H2,2H3. The number of allylic oxidation sites excluding steroid dienone is 1. The fraction of sp³-hybridized carbons (Fsp3) is 0.818. The molecule has 76 valence electrons. The van der Waals surface area contributed by atoms with Gasteiger partial charge in [0.25, 0.3) is 0 Å². The van der Waals surface area contributed by atoms with Crippen molar-refractivity contribution >= 4 is 0 Å². The molecule has 13 heavy (non-hydrogen) atoms. The Hall–Kier alpha value is -0.500. The smallest absolute Gasteiger partial charge is 0.0889 e. The van der Waals surface area contributed by atoms with Crippen LogP contribution >= 0.6 is 0 Å². The molecule has 1 aliphatic heterocycles. The molecular formula is C11H21NO. The highest BCUT2D eigenvalue weighted by molar-refractivity contribution is 4.73. The first kappa shape index (κ1) is 10.6. The number of likely N-dealkylation sites (tertiary alicyclic amines) is 1. The van der Waals surface area contributed by atoms with Gasteiger partial charge in [0.2, 0.25) is 0 Å². The zero-order valence-electron chi connectivity index (χ0n) is 8.72. The first-order valence-corrected chi connectivity index (χ1v) is 5.30. The minimum Gasteiger partial charge on any atom is -0.499 e. The topological polar surface area (TPSA) is 12.5 Å². The lowest BCUT2D eigenvalue weighted by Crippen LogP contribution is -2.31. The van der Waals surface area contributed by atoms with Crippen molar-refractivity contribution in [2.45, 2.75) is 32.6 Å². The molecule has 0 N–H and O–H groups in total. The van der Waals surface area contributed by atoms with E-state index in [1.54, 1.807) is 0 Å². The van der Waals surface area contributed by atoms with Crippen molar-refractivity contribution in [3.05, 3.63) is 12.3 Å². The number of ether oxygens (including phenoxy) is 1. The summed E-state index contributed by atoms with van der Waals surface area (Å²) in [6.45, 7) is 10.2. The molecule has 0 amide bonds. The molecule has 1 saturated heterocycles. The highest BCUT2D eigenvalue weighted by Gasteiger charge is 2.08. The molecule has 0 aliphatic carbocycles. The Labute approximate surface area is 81.6 Å². The van der Waals surface area contributed by atoms with E-state index >= 15 is 0 Å². The predicted molar refractivity (Wildman–Crippen MR) is 55.7 cm³/mol. The van der Waals surface area contributed by atoms with Crippen LogP contribution in [0.2, 0.25) is 0 Å². The van der Waals surface area contributed by atoms with Crippen LogP contribution in [-0.2, 0) is 4.74 Å². The third-order valence-electron chi connectivity index (χ3n) is 2.42. The van der Waals surface area contributed by atoms with Gasteiger partial charge in [0, 0.05) is 6.54 Å². The van der Waals surface area contributed by atoms with E-state index in [2.05, 4.69) is 11.5 Å². The van der Waals surface area contributed by atoms with Crippen LogP contribution in [-0.4, -0.2) is 31.1 Å². The van der Waals surface area contributed by atoms with Gasteiger partial charge in [-0.05, 0) is 39.3 Å². The normalized spacial score (nSPS) is 18.5. The fourth-order valence-corrected chi connectivity index (χ4v) is 1.72. The minimum absolute atomic E-state index is 0.825. The third kappa shape index (κ3) is 4.94. The van der Waals surface area contributed by atoms with Crippen molar-refractivity contribution < 1.29 is 4.74 Å². The van der Waals surface area contributed by atoms with Crippen LogP contribution in [0.3, 0.4) is 0 Å². The van der Waals surface area contributed by atoms with E-state index in [4.69, 9.17) is 4.74 Å². The van der Waals surface area contributed by atoms with Gasteiger partial charge in [-0.25, -0.2) is 0 Å². The largest absolute Gasteiger partial charge is 0.499 e. The fourth-order valence-electron chi connectivity index (χ4n) is 1.72. The Bertz CT molecular complexity index is 150. The molecule has 1 rings (SSSR count). The van der Waals surface area contributed by atoms with Crippen molar-refractivity contribution in [3.8, 4) is 0 Å². The lowest BCUT2D eigenvalue weighted by molar-refractivity contribution is 0.172. The number of nitrogens with zero attached hydrogens (tertiary/aromatic N) is 1. The van der Waals surface area contributed by atoms with E-state index in [1.807, 2.05) is 6.92 Å². The number of hydrogen-bond donors (Lipinski definition) is 0. The molecule has 0 unspecified atom stereocenters. The highest BCUT2D eigenvalue weighted by atomic mass is 16.5. The summed E-state index contributed by atoms with van der Waals surface area (Å²) in [5.74, 6) is 0.832. The van der Waals surface area contributed by atoms with Crippen LogP contribution in [0.5, 0.6) is 0 Å². The SMILES string of the molecule is C=C(C)OCCCN1CCCCC1. The molecule has 2 nitrogen and oxygen atoms in total. The predicted octanol–water partition coefficient (Wildman–Crippen LogP) is 2.41. The molecule has 1 fully saturated rings. The minimum atomic E-state index is 0.825. The van der Waals surface area contributed by atoms with Crippen LogP contribution in [0.15, 0.2) is 12.3 Å². The summed E-state index contributed by atoms with van der Waals surface area (Å²) in [7, 11) is 0. The Morgan fingerprint density at radius 3 is 2.62 bits per heavy atom. The Balaban J connectivity index is 1.95. The Morgan fingerprint density at radius 2 is 2.00 bits per heavy atom. The summed E-state index contributed by atoms with van der Waals surface area (Å²) >= 11 is 0. The Morgan fingerprint density at radius 1 is 1.31 bits per heavy atom. The summed E-state index contributed by atoms with van der Waals surface area (Å²) in [6.07, 6.45) is 5.30. The maximum Gasteiger partial charge on any atom is 0.0889 e. The summed E-state index contributed by atoms with van der Waals surface area (Å²) in [4.78, 5) is 2.53. The summed E-state index contributed by atoms with van der Waals surface area (Å²) in [6, 6.07) is 0. The summed E-state index contributed by atoms with van der Waals surface area (Å²) < 4.78 is 5.31. The average Bonchev–Trinajstić information content (AvgIpc) is 2.14. The monoisotopic (exact) mass is 183 g/mol. The van der Waals surface area contributed by atoms with Gasteiger partial charge in [0.1, 0.15) is 0 Å². The second-order valence-corrected chi connectivity index (χ2v) is 3.81. The average molecular weight is 183 g/mol. The van der Waals surface area contributed by atoms with Gasteiger partial charge < -0.3 is 9.64 Å². The van der Waals surface area contributed by atoms with Gasteiger partial charge in [0.15, 0.2) is 0 Å². The molecule has 0 aromatic rings. The molecular weight excluding hydrogens is 162 g/mol. The van der Waals surface area contributed by atoms with E-state index in [-0.39, 0.29) is 0 Å². The van der Waals surface area contributed by atoms with Gasteiger partial charge in [-0.3, -0.25) is 0 Å². The lowest BCUT2D eigenvalue weighted by Gasteiger charge is -2.26. The Kier molecular flexibility index (Phi) is 4.91. The van der Waals surface area contributed by atoms with Gasteiger partial charge in [-0.1, -0.05) is 13.0 Å². The molecule has 1 aliphatic rings. The van der Waals surface area contributed by atoms with Gasteiger partial charge >= 0.3 is 0 Å². The van der Waals surface area contributed by atoms with Crippen LogP contribution in [0.1, 0.15) is 32.6 Å². The first-order valence-electron chi connectivity index (χ1n) is 5.30. The van der Waals surface area contributed by atoms with Crippen LogP contribution in [0.4, 0.5) is 0 Å². The molecule has 0 bridgehead atoms. The van der Waals surface area contributed by atoms with Crippen molar-refractivity contribution in [2.75, 3.05) is 26.2 Å². The van der Waals surface area contributed by atoms with E-state index in [0.29, 0.717) is 0 Å². The zero-order chi connectivity index (χ0) is 9.52. The van der Waals surface area contributed by atoms with E-state index in [1.165, 1.54) is 38.9 Å². The maximum atomic E-state index is 5.31. The van der Waals surface area contributed by atoms with Gasteiger partial charge in [-0.2, -0.15) is 0 Å². The van der Waals surface area contributed by atoms with Crippen molar-refractivity contribution in [1.29, 1.82) is 0 Å². The van der Waals surface area contributed by atoms with E-state index in [9.17, 15) is 0 Å². The number of hydrogen-bond acceptors (Lipinski definition) is 2. The molecule has 0 atom stereocenters. The molecule has 0 radical (unpaired) electrons. The van der Waals surface area contributed by atoms with E-state index < -0.39 is 0 Å². The molecule has 0 aromatic heterocycles. The van der Waals surface area contributed by atoms with Crippen LogP contribution in [0, 0.1) is 0 Å². The highest BCUT2D eigenvalue weighted by Crippen LogP contribution is 2.08. The summed E-state index contributed by atoms with van der Waals surface area (Å²) in [5, 5.41) is 0.